The van der Waals surface area contributed by atoms with Gasteiger partial charge in [-0.1, -0.05) is 5.22 Å². The van der Waals surface area contributed by atoms with Gasteiger partial charge in [-0.25, -0.2) is 5.01 Å². The summed E-state index contributed by atoms with van der Waals surface area (Å²) in [7, 11) is 0. The third kappa shape index (κ3) is 7.62. The zero-order valence-electron chi connectivity index (χ0n) is 24.3. The first-order valence-electron chi connectivity index (χ1n) is 14.1. The van der Waals surface area contributed by atoms with Crippen molar-refractivity contribution < 1.29 is 22.7 Å². The first-order chi connectivity index (χ1) is 20.6. The average Bonchev–Trinajstić information content (AvgIpc) is 3.48. The predicted molar refractivity (Wildman–Crippen MR) is 155 cm³/mol. The molecule has 0 saturated carbocycles. The maximum absolute atomic E-state index is 13.1. The minimum atomic E-state index is -4.58. The number of hydrogen-bond donors (Lipinski definition) is 1. The van der Waals surface area contributed by atoms with Gasteiger partial charge in [0.05, 0.1) is 60.0 Å². The van der Waals surface area contributed by atoms with Crippen molar-refractivity contribution in [3.63, 3.8) is 0 Å². The van der Waals surface area contributed by atoms with Gasteiger partial charge >= 0.3 is 6.18 Å². The molecule has 5 rings (SSSR count). The highest BCUT2D eigenvalue weighted by atomic mass is 19.4. The van der Waals surface area contributed by atoms with Crippen molar-refractivity contribution in [1.82, 2.24) is 19.9 Å². The van der Waals surface area contributed by atoms with E-state index in [1.165, 1.54) is 6.20 Å². The molecule has 1 fully saturated rings. The summed E-state index contributed by atoms with van der Waals surface area (Å²) in [4.78, 5) is 30.0. The Bertz CT molecular complexity index is 1460. The number of nitrogens with one attached hydrogen (secondary N) is 1. The number of ether oxygens (including phenoxy) is 1. The molecule has 1 atom stereocenters. The van der Waals surface area contributed by atoms with E-state index in [1.807, 2.05) is 20.0 Å². The van der Waals surface area contributed by atoms with Crippen LogP contribution in [0.1, 0.15) is 47.2 Å². The fourth-order valence-corrected chi connectivity index (χ4v) is 4.90. The van der Waals surface area contributed by atoms with Gasteiger partial charge in [0.25, 0.3) is 5.91 Å². The molecule has 3 aromatic heterocycles. The van der Waals surface area contributed by atoms with Crippen LogP contribution in [0.5, 0.6) is 0 Å². The van der Waals surface area contributed by atoms with Gasteiger partial charge in [0.1, 0.15) is 11.7 Å². The van der Waals surface area contributed by atoms with Crippen molar-refractivity contribution in [2.45, 2.75) is 39.1 Å². The fourth-order valence-electron chi connectivity index (χ4n) is 4.90. The lowest BCUT2D eigenvalue weighted by molar-refractivity contribution is -0.137. The molecule has 43 heavy (non-hydrogen) atoms. The van der Waals surface area contributed by atoms with Crippen LogP contribution in [-0.4, -0.2) is 77.7 Å². The lowest BCUT2D eigenvalue weighted by Gasteiger charge is -2.36. The summed E-state index contributed by atoms with van der Waals surface area (Å²) in [5.74, 6) is -0.781. The Hall–Kier alpha value is -4.17. The van der Waals surface area contributed by atoms with E-state index in [0.717, 1.165) is 62.8 Å². The predicted octanol–water partition coefficient (Wildman–Crippen LogP) is 4.93. The SMILES string of the molecule is Cc1ncc(NC(=O)c2cc(C(F)(F)F)ccn2)cc1N1CC(c2cncc(N3CCN(CCOC(C)C)CC3)c2)N=N1. The Morgan fingerprint density at radius 2 is 1.88 bits per heavy atom. The molecule has 0 spiro atoms. The molecule has 0 bridgehead atoms. The molecule has 5 heterocycles. The van der Waals surface area contributed by atoms with Crippen LogP contribution in [0.2, 0.25) is 0 Å². The summed E-state index contributed by atoms with van der Waals surface area (Å²) in [5, 5.41) is 13.1. The summed E-state index contributed by atoms with van der Waals surface area (Å²) < 4.78 is 44.9. The van der Waals surface area contributed by atoms with Gasteiger partial charge in [-0.2, -0.15) is 18.3 Å². The Morgan fingerprint density at radius 3 is 2.63 bits per heavy atom. The molecule has 228 valence electrons. The largest absolute Gasteiger partial charge is 0.416 e. The number of piperazine rings is 1. The van der Waals surface area contributed by atoms with Crippen LogP contribution in [0.3, 0.4) is 0 Å². The number of carbonyl (C=O) groups is 1. The first kappa shape index (κ1) is 30.3. The molecule has 1 unspecified atom stereocenters. The molecular weight excluding hydrogens is 563 g/mol. The van der Waals surface area contributed by atoms with Crippen molar-refractivity contribution >= 4 is 23.0 Å². The molecule has 2 aliphatic rings. The summed E-state index contributed by atoms with van der Waals surface area (Å²) >= 11 is 0. The van der Waals surface area contributed by atoms with E-state index in [2.05, 4.69) is 46.5 Å². The second kappa shape index (κ2) is 13.0. The molecule has 11 nitrogen and oxygen atoms in total. The molecule has 0 aliphatic carbocycles. The fraction of sp³-hybridized carbons (Fsp3) is 0.448. The van der Waals surface area contributed by atoms with E-state index in [-0.39, 0.29) is 17.8 Å². The lowest BCUT2D eigenvalue weighted by atomic mass is 10.1. The molecule has 1 amide bonds. The molecule has 1 N–H and O–H groups in total. The monoisotopic (exact) mass is 597 g/mol. The van der Waals surface area contributed by atoms with Gasteiger partial charge in [0.15, 0.2) is 0 Å². The van der Waals surface area contributed by atoms with Crippen LogP contribution in [0.4, 0.5) is 30.2 Å². The number of hydrogen-bond acceptors (Lipinski definition) is 10. The third-order valence-corrected chi connectivity index (χ3v) is 7.29. The molecule has 0 radical (unpaired) electrons. The average molecular weight is 598 g/mol. The number of aromatic nitrogens is 3. The lowest BCUT2D eigenvalue weighted by Crippen LogP contribution is -2.47. The molecule has 1 saturated heterocycles. The zero-order chi connectivity index (χ0) is 30.6. The molecule has 2 aliphatic heterocycles. The summed E-state index contributed by atoms with van der Waals surface area (Å²) in [6, 6.07) is 5.03. The summed E-state index contributed by atoms with van der Waals surface area (Å²) in [6.45, 7) is 11.7. The molecule has 14 heteroatoms. The quantitative estimate of drug-likeness (QED) is 0.370. The van der Waals surface area contributed by atoms with Crippen LogP contribution in [0, 0.1) is 6.92 Å². The number of halogens is 3. The minimum absolute atomic E-state index is 0.236. The van der Waals surface area contributed by atoms with Crippen LogP contribution in [-0.2, 0) is 10.9 Å². The minimum Gasteiger partial charge on any atom is -0.377 e. The number of alkyl halides is 3. The van der Waals surface area contributed by atoms with Crippen LogP contribution in [0.25, 0.3) is 0 Å². The maximum Gasteiger partial charge on any atom is 0.416 e. The van der Waals surface area contributed by atoms with Gasteiger partial charge < -0.3 is 15.0 Å². The van der Waals surface area contributed by atoms with Gasteiger partial charge in [-0.15, -0.1) is 0 Å². The number of anilines is 3. The Kier molecular flexibility index (Phi) is 9.16. The standard InChI is InChI=1S/C29H34F3N9O2/c1-19(2)43-11-10-39-6-8-40(9-7-39)24-12-21(15-33-17-24)26-18-41(38-37-26)27-14-23(16-35-20(27)3)36-28(42)25-13-22(4-5-34-25)29(30,31)32/h4-5,12-17,19,26H,6-11,18H2,1-3H3,(H,36,42). The number of pyridine rings is 3. The van der Waals surface area contributed by atoms with Gasteiger partial charge in [-0.3, -0.25) is 24.6 Å². The number of carbonyl (C=O) groups excluding carboxylic acids is 1. The van der Waals surface area contributed by atoms with Crippen LogP contribution < -0.4 is 15.2 Å². The van der Waals surface area contributed by atoms with Crippen LogP contribution in [0.15, 0.2) is 59.4 Å². The third-order valence-electron chi connectivity index (χ3n) is 7.29. The Labute approximate surface area is 247 Å². The van der Waals surface area contributed by atoms with E-state index in [1.54, 1.807) is 24.2 Å². The second-order valence-corrected chi connectivity index (χ2v) is 10.7. The highest BCUT2D eigenvalue weighted by molar-refractivity contribution is 6.03. The van der Waals surface area contributed by atoms with E-state index < -0.39 is 17.6 Å². The van der Waals surface area contributed by atoms with E-state index in [0.29, 0.717) is 29.7 Å². The maximum atomic E-state index is 13.1. The number of nitrogens with zero attached hydrogens (tertiary/aromatic N) is 8. The second-order valence-electron chi connectivity index (χ2n) is 10.7. The normalized spacial score (nSPS) is 17.6. The zero-order valence-corrected chi connectivity index (χ0v) is 24.3. The number of amides is 1. The van der Waals surface area contributed by atoms with Gasteiger partial charge in [0.2, 0.25) is 0 Å². The highest BCUT2D eigenvalue weighted by Crippen LogP contribution is 2.33. The topological polar surface area (TPSA) is 111 Å². The smallest absolute Gasteiger partial charge is 0.377 e. The van der Waals surface area contributed by atoms with Crippen molar-refractivity contribution in [2.24, 2.45) is 10.3 Å². The van der Waals surface area contributed by atoms with Crippen molar-refractivity contribution in [3.8, 4) is 0 Å². The van der Waals surface area contributed by atoms with Gasteiger partial charge in [0, 0.05) is 50.7 Å². The van der Waals surface area contributed by atoms with Crippen molar-refractivity contribution in [1.29, 1.82) is 0 Å². The highest BCUT2D eigenvalue weighted by Gasteiger charge is 2.31. The Balaban J connectivity index is 1.21. The van der Waals surface area contributed by atoms with Crippen molar-refractivity contribution in [3.05, 3.63) is 71.6 Å². The molecule has 0 aromatic carbocycles. The molecular formula is C29H34F3N9O2. The van der Waals surface area contributed by atoms with E-state index in [9.17, 15) is 18.0 Å². The summed E-state index contributed by atoms with van der Waals surface area (Å²) in [5.41, 5.74) is 2.22. The first-order valence-corrected chi connectivity index (χ1v) is 14.1. The van der Waals surface area contributed by atoms with Gasteiger partial charge in [-0.05, 0) is 45.0 Å². The number of rotatable bonds is 9. The van der Waals surface area contributed by atoms with Crippen molar-refractivity contribution in [2.75, 3.05) is 61.1 Å². The van der Waals surface area contributed by atoms with E-state index >= 15 is 0 Å². The summed E-state index contributed by atoms with van der Waals surface area (Å²) in [6.07, 6.45) is 1.69. The van der Waals surface area contributed by atoms with E-state index in [4.69, 9.17) is 4.74 Å². The Morgan fingerprint density at radius 1 is 1.09 bits per heavy atom. The number of aryl methyl sites for hydroxylation is 1. The molecule has 3 aromatic rings. The van der Waals surface area contributed by atoms with Crippen LogP contribution >= 0.6 is 0 Å².